The minimum absolute atomic E-state index is 0.219. The summed E-state index contributed by atoms with van der Waals surface area (Å²) in [5, 5.41) is 3.80. The maximum absolute atomic E-state index is 5.46. The lowest BCUT2D eigenvalue weighted by molar-refractivity contribution is 0.0761. The highest BCUT2D eigenvalue weighted by Crippen LogP contribution is 2.24. The zero-order valence-electron chi connectivity index (χ0n) is 12.5. The van der Waals surface area contributed by atoms with Crippen LogP contribution in [0.5, 0.6) is 0 Å². The molecule has 1 saturated heterocycles. The Morgan fingerprint density at radius 2 is 1.62 bits per heavy atom. The topological polar surface area (TPSA) is 34.1 Å². The van der Waals surface area contributed by atoms with Crippen molar-refractivity contribution >= 4 is 0 Å². The normalized spacial score (nSPS) is 17.6. The second-order valence-electron chi connectivity index (χ2n) is 5.68. The van der Waals surface area contributed by atoms with E-state index in [1.165, 1.54) is 16.7 Å². The van der Waals surface area contributed by atoms with Crippen LogP contribution >= 0.6 is 0 Å². The third-order valence-electron chi connectivity index (χ3n) is 4.07. The minimum Gasteiger partial charge on any atom is -0.381 e. The number of pyridine rings is 1. The van der Waals surface area contributed by atoms with E-state index in [0.717, 1.165) is 26.1 Å². The van der Waals surface area contributed by atoms with Crippen LogP contribution < -0.4 is 5.32 Å². The molecule has 2 aromatic rings. The van der Waals surface area contributed by atoms with Gasteiger partial charge in [0.05, 0.1) is 6.04 Å². The maximum atomic E-state index is 5.46. The van der Waals surface area contributed by atoms with Crippen LogP contribution in [0, 0.1) is 6.92 Å². The molecule has 3 nitrogen and oxygen atoms in total. The van der Waals surface area contributed by atoms with Gasteiger partial charge in [0.15, 0.2) is 0 Å². The summed E-state index contributed by atoms with van der Waals surface area (Å²) in [4.78, 5) is 4.13. The molecule has 1 aromatic carbocycles. The van der Waals surface area contributed by atoms with Gasteiger partial charge in [-0.05, 0) is 43.0 Å². The predicted octanol–water partition coefficient (Wildman–Crippen LogP) is 3.25. The van der Waals surface area contributed by atoms with Gasteiger partial charge in [0.1, 0.15) is 0 Å². The smallest absolute Gasteiger partial charge is 0.0579 e. The van der Waals surface area contributed by atoms with Crippen molar-refractivity contribution in [2.45, 2.75) is 31.8 Å². The number of benzene rings is 1. The largest absolute Gasteiger partial charge is 0.381 e. The third kappa shape index (κ3) is 3.69. The van der Waals surface area contributed by atoms with Crippen LogP contribution in [0.1, 0.15) is 35.6 Å². The van der Waals surface area contributed by atoms with Gasteiger partial charge in [0.2, 0.25) is 0 Å². The van der Waals surface area contributed by atoms with Crippen molar-refractivity contribution < 1.29 is 4.74 Å². The van der Waals surface area contributed by atoms with E-state index in [9.17, 15) is 0 Å². The highest BCUT2D eigenvalue weighted by Gasteiger charge is 2.20. The number of hydrogen-bond acceptors (Lipinski definition) is 3. The minimum atomic E-state index is 0.219. The van der Waals surface area contributed by atoms with Crippen molar-refractivity contribution in [2.24, 2.45) is 0 Å². The van der Waals surface area contributed by atoms with Crippen LogP contribution in [0.25, 0.3) is 0 Å². The summed E-state index contributed by atoms with van der Waals surface area (Å²) >= 11 is 0. The van der Waals surface area contributed by atoms with E-state index in [-0.39, 0.29) is 6.04 Å². The lowest BCUT2D eigenvalue weighted by Gasteiger charge is -2.29. The Morgan fingerprint density at radius 1 is 1.00 bits per heavy atom. The Bertz CT molecular complexity index is 547. The van der Waals surface area contributed by atoms with Gasteiger partial charge in [0.25, 0.3) is 0 Å². The molecule has 0 unspecified atom stereocenters. The first-order valence-corrected chi connectivity index (χ1v) is 7.63. The summed E-state index contributed by atoms with van der Waals surface area (Å²) in [6, 6.07) is 13.7. The van der Waals surface area contributed by atoms with Crippen molar-refractivity contribution in [1.82, 2.24) is 10.3 Å². The first-order valence-electron chi connectivity index (χ1n) is 7.63. The summed E-state index contributed by atoms with van der Waals surface area (Å²) in [5.74, 6) is 0. The molecule has 1 N–H and O–H groups in total. The number of aryl methyl sites for hydroxylation is 1. The highest BCUT2D eigenvalue weighted by molar-refractivity contribution is 5.32. The molecule has 110 valence electrons. The predicted molar refractivity (Wildman–Crippen MR) is 84.2 cm³/mol. The van der Waals surface area contributed by atoms with Crippen molar-refractivity contribution in [1.29, 1.82) is 0 Å². The monoisotopic (exact) mass is 282 g/mol. The van der Waals surface area contributed by atoms with Crippen LogP contribution in [-0.4, -0.2) is 24.2 Å². The fourth-order valence-electron chi connectivity index (χ4n) is 2.80. The third-order valence-corrected chi connectivity index (χ3v) is 4.07. The number of hydrogen-bond donors (Lipinski definition) is 1. The molecule has 0 aliphatic carbocycles. The zero-order chi connectivity index (χ0) is 14.5. The molecule has 0 amide bonds. The number of rotatable bonds is 4. The Hall–Kier alpha value is -1.71. The van der Waals surface area contributed by atoms with E-state index >= 15 is 0 Å². The fraction of sp³-hybridized carbons (Fsp3) is 0.389. The molecule has 1 aromatic heterocycles. The Kier molecular flexibility index (Phi) is 4.63. The molecule has 2 heterocycles. The number of nitrogens with zero attached hydrogens (tertiary/aromatic N) is 1. The highest BCUT2D eigenvalue weighted by atomic mass is 16.5. The molecule has 1 fully saturated rings. The van der Waals surface area contributed by atoms with Crippen molar-refractivity contribution in [3.63, 3.8) is 0 Å². The van der Waals surface area contributed by atoms with E-state index in [0.29, 0.717) is 6.04 Å². The van der Waals surface area contributed by atoms with Gasteiger partial charge in [-0.15, -0.1) is 0 Å². The van der Waals surface area contributed by atoms with Crippen LogP contribution in [0.3, 0.4) is 0 Å². The summed E-state index contributed by atoms with van der Waals surface area (Å²) in [5.41, 5.74) is 3.86. The average Bonchev–Trinajstić information content (AvgIpc) is 2.55. The van der Waals surface area contributed by atoms with E-state index < -0.39 is 0 Å². The van der Waals surface area contributed by atoms with Gasteiger partial charge in [-0.25, -0.2) is 0 Å². The van der Waals surface area contributed by atoms with Crippen molar-refractivity contribution in [2.75, 3.05) is 13.2 Å². The van der Waals surface area contributed by atoms with E-state index in [1.807, 2.05) is 12.4 Å². The summed E-state index contributed by atoms with van der Waals surface area (Å²) in [7, 11) is 0. The molecule has 3 heteroatoms. The molecule has 1 aliphatic heterocycles. The molecule has 0 spiro atoms. The second-order valence-corrected chi connectivity index (χ2v) is 5.68. The first-order chi connectivity index (χ1) is 10.3. The van der Waals surface area contributed by atoms with Gasteiger partial charge in [0, 0.05) is 31.6 Å². The summed E-state index contributed by atoms with van der Waals surface area (Å²) in [6.45, 7) is 3.83. The van der Waals surface area contributed by atoms with E-state index in [1.54, 1.807) is 0 Å². The molecular weight excluding hydrogens is 260 g/mol. The molecule has 1 atom stereocenters. The molecule has 0 bridgehead atoms. The number of ether oxygens (including phenoxy) is 1. The van der Waals surface area contributed by atoms with E-state index in [2.05, 4.69) is 53.6 Å². The average molecular weight is 282 g/mol. The van der Waals surface area contributed by atoms with Crippen LogP contribution in [0.4, 0.5) is 0 Å². The first kappa shape index (κ1) is 14.2. The van der Waals surface area contributed by atoms with Crippen LogP contribution in [0.2, 0.25) is 0 Å². The Balaban J connectivity index is 1.85. The lowest BCUT2D eigenvalue weighted by Crippen LogP contribution is -2.37. The van der Waals surface area contributed by atoms with Crippen molar-refractivity contribution in [3.8, 4) is 0 Å². The Labute approximate surface area is 126 Å². The second kappa shape index (κ2) is 6.83. The molecule has 0 saturated carbocycles. The molecule has 21 heavy (non-hydrogen) atoms. The SMILES string of the molecule is Cc1ccc([C@@H](NC2CCOCC2)c2ccncc2)cc1. The van der Waals surface area contributed by atoms with Crippen molar-refractivity contribution in [3.05, 3.63) is 65.5 Å². The number of aromatic nitrogens is 1. The van der Waals surface area contributed by atoms with Crippen LogP contribution in [0.15, 0.2) is 48.8 Å². The van der Waals surface area contributed by atoms with Gasteiger partial charge in [-0.3, -0.25) is 4.98 Å². The Morgan fingerprint density at radius 3 is 2.29 bits per heavy atom. The van der Waals surface area contributed by atoms with E-state index in [4.69, 9.17) is 4.74 Å². The summed E-state index contributed by atoms with van der Waals surface area (Å²) in [6.07, 6.45) is 5.88. The van der Waals surface area contributed by atoms with Gasteiger partial charge < -0.3 is 10.1 Å². The van der Waals surface area contributed by atoms with Gasteiger partial charge >= 0.3 is 0 Å². The zero-order valence-corrected chi connectivity index (χ0v) is 12.5. The standard InChI is InChI=1S/C18H22N2O/c1-14-2-4-15(5-3-14)18(16-6-10-19-11-7-16)20-17-8-12-21-13-9-17/h2-7,10-11,17-18,20H,8-9,12-13H2,1H3/t18-/m1/s1. The molecule has 1 aliphatic rings. The van der Waals surface area contributed by atoms with Gasteiger partial charge in [-0.2, -0.15) is 0 Å². The maximum Gasteiger partial charge on any atom is 0.0579 e. The van der Waals surface area contributed by atoms with Gasteiger partial charge in [-0.1, -0.05) is 29.8 Å². The fourth-order valence-corrected chi connectivity index (χ4v) is 2.80. The summed E-state index contributed by atoms with van der Waals surface area (Å²) < 4.78 is 5.46. The lowest BCUT2D eigenvalue weighted by atomic mass is 9.96. The molecule has 3 rings (SSSR count). The molecule has 0 radical (unpaired) electrons. The van der Waals surface area contributed by atoms with Crippen LogP contribution in [-0.2, 0) is 4.74 Å². The number of nitrogens with one attached hydrogen (secondary N) is 1. The molecular formula is C18H22N2O. The quantitative estimate of drug-likeness (QED) is 0.934.